The third-order valence-corrected chi connectivity index (χ3v) is 4.36. The number of hydrogen-bond donors (Lipinski definition) is 0. The molecule has 0 aromatic heterocycles. The zero-order chi connectivity index (χ0) is 12.0. The molecular formula is C14H24O2. The molecule has 0 bridgehead atoms. The molecule has 1 rings (SSSR count). The Balaban J connectivity index is 2.44. The molecule has 1 aliphatic rings. The fourth-order valence-electron chi connectivity index (χ4n) is 3.01. The summed E-state index contributed by atoms with van der Waals surface area (Å²) in [6, 6.07) is 0. The van der Waals surface area contributed by atoms with Gasteiger partial charge in [-0.3, -0.25) is 0 Å². The maximum absolute atomic E-state index is 11.1. The summed E-state index contributed by atoms with van der Waals surface area (Å²) in [6.07, 6.45) is 9.62. The van der Waals surface area contributed by atoms with Gasteiger partial charge in [0.05, 0.1) is 0 Å². The maximum Gasteiger partial charge on any atom is 0.123 e. The van der Waals surface area contributed by atoms with E-state index in [1.165, 1.54) is 19.3 Å². The van der Waals surface area contributed by atoms with E-state index in [4.69, 9.17) is 0 Å². The summed E-state index contributed by atoms with van der Waals surface area (Å²) in [4.78, 5) is 21.3. The minimum atomic E-state index is 0.154. The van der Waals surface area contributed by atoms with Gasteiger partial charge >= 0.3 is 0 Å². The standard InChI is InChI=1S/C14H24O2/c1-14(2)12(7-4-3-5-10-15)8-6-9-13(14)11-16/h10-13H,3-9H2,1-2H3. The molecule has 2 unspecified atom stereocenters. The van der Waals surface area contributed by atoms with E-state index in [9.17, 15) is 9.59 Å². The molecule has 1 fully saturated rings. The molecule has 1 aliphatic carbocycles. The van der Waals surface area contributed by atoms with E-state index < -0.39 is 0 Å². The number of carbonyl (C=O) groups is 2. The number of rotatable bonds is 6. The lowest BCUT2D eigenvalue weighted by Crippen LogP contribution is -2.37. The molecule has 0 radical (unpaired) electrons. The average molecular weight is 224 g/mol. The number of unbranched alkanes of at least 4 members (excludes halogenated alkanes) is 2. The molecule has 2 heteroatoms. The number of hydrogen-bond acceptors (Lipinski definition) is 2. The predicted molar refractivity (Wildman–Crippen MR) is 65.2 cm³/mol. The first-order valence-electron chi connectivity index (χ1n) is 6.52. The largest absolute Gasteiger partial charge is 0.303 e. The van der Waals surface area contributed by atoms with Gasteiger partial charge in [-0.15, -0.1) is 0 Å². The SMILES string of the molecule is CC1(C)C(C=O)CCCC1CCCCC=O. The summed E-state index contributed by atoms with van der Waals surface area (Å²) in [7, 11) is 0. The third-order valence-electron chi connectivity index (χ3n) is 4.36. The molecule has 0 aliphatic heterocycles. The van der Waals surface area contributed by atoms with Crippen LogP contribution in [0.25, 0.3) is 0 Å². The highest BCUT2D eigenvalue weighted by Crippen LogP contribution is 2.46. The van der Waals surface area contributed by atoms with Crippen LogP contribution in [-0.2, 0) is 9.59 Å². The normalized spacial score (nSPS) is 28.6. The summed E-state index contributed by atoms with van der Waals surface area (Å²) >= 11 is 0. The molecule has 2 nitrogen and oxygen atoms in total. The molecule has 0 aromatic carbocycles. The summed E-state index contributed by atoms with van der Waals surface area (Å²) in [5, 5.41) is 0. The van der Waals surface area contributed by atoms with Gasteiger partial charge < -0.3 is 9.59 Å². The van der Waals surface area contributed by atoms with Crippen molar-refractivity contribution >= 4 is 12.6 Å². The first-order valence-corrected chi connectivity index (χ1v) is 6.52. The minimum absolute atomic E-state index is 0.154. The molecule has 2 atom stereocenters. The van der Waals surface area contributed by atoms with Crippen LogP contribution in [0.5, 0.6) is 0 Å². The van der Waals surface area contributed by atoms with Crippen LogP contribution in [0.1, 0.15) is 58.8 Å². The number of aldehydes is 2. The predicted octanol–water partition coefficient (Wildman–Crippen LogP) is 3.39. The minimum Gasteiger partial charge on any atom is -0.303 e. The van der Waals surface area contributed by atoms with Crippen molar-refractivity contribution in [2.75, 3.05) is 0 Å². The van der Waals surface area contributed by atoms with Crippen LogP contribution >= 0.6 is 0 Å². The molecule has 0 aromatic rings. The highest BCUT2D eigenvalue weighted by atomic mass is 16.1. The first kappa shape index (κ1) is 13.4. The van der Waals surface area contributed by atoms with Gasteiger partial charge in [0.1, 0.15) is 12.6 Å². The monoisotopic (exact) mass is 224 g/mol. The van der Waals surface area contributed by atoms with Crippen molar-refractivity contribution in [2.45, 2.75) is 58.8 Å². The smallest absolute Gasteiger partial charge is 0.123 e. The molecule has 92 valence electrons. The second-order valence-electron chi connectivity index (χ2n) is 5.64. The van der Waals surface area contributed by atoms with Crippen molar-refractivity contribution in [1.29, 1.82) is 0 Å². The Morgan fingerprint density at radius 2 is 1.94 bits per heavy atom. The summed E-state index contributed by atoms with van der Waals surface area (Å²) < 4.78 is 0. The van der Waals surface area contributed by atoms with Gasteiger partial charge in [0.15, 0.2) is 0 Å². The van der Waals surface area contributed by atoms with E-state index in [-0.39, 0.29) is 11.3 Å². The number of carbonyl (C=O) groups excluding carboxylic acids is 2. The summed E-state index contributed by atoms with van der Waals surface area (Å²) in [5.74, 6) is 0.889. The van der Waals surface area contributed by atoms with Crippen LogP contribution in [-0.4, -0.2) is 12.6 Å². The molecular weight excluding hydrogens is 200 g/mol. The Morgan fingerprint density at radius 3 is 2.56 bits per heavy atom. The lowest BCUT2D eigenvalue weighted by atomic mass is 9.61. The molecule has 0 N–H and O–H groups in total. The van der Waals surface area contributed by atoms with E-state index in [0.29, 0.717) is 12.3 Å². The van der Waals surface area contributed by atoms with Crippen LogP contribution in [0.15, 0.2) is 0 Å². The second kappa shape index (κ2) is 6.17. The second-order valence-corrected chi connectivity index (χ2v) is 5.64. The highest BCUT2D eigenvalue weighted by Gasteiger charge is 2.39. The Hall–Kier alpha value is -0.660. The Labute approximate surface area is 98.8 Å². The molecule has 1 saturated carbocycles. The molecule has 16 heavy (non-hydrogen) atoms. The van der Waals surface area contributed by atoms with Gasteiger partial charge in [-0.25, -0.2) is 0 Å². The fourth-order valence-corrected chi connectivity index (χ4v) is 3.01. The maximum atomic E-state index is 11.1. The highest BCUT2D eigenvalue weighted by molar-refractivity contribution is 5.55. The quantitative estimate of drug-likeness (QED) is 0.512. The van der Waals surface area contributed by atoms with Gasteiger partial charge in [-0.2, -0.15) is 0 Å². The van der Waals surface area contributed by atoms with Crippen molar-refractivity contribution < 1.29 is 9.59 Å². The van der Waals surface area contributed by atoms with Crippen molar-refractivity contribution in [1.82, 2.24) is 0 Å². The van der Waals surface area contributed by atoms with Crippen LogP contribution in [0.4, 0.5) is 0 Å². The molecule has 0 heterocycles. The molecule has 0 spiro atoms. The summed E-state index contributed by atoms with van der Waals surface area (Å²) in [5.41, 5.74) is 0.154. The van der Waals surface area contributed by atoms with Gasteiger partial charge in [-0.05, 0) is 37.0 Å². The molecule has 0 amide bonds. The van der Waals surface area contributed by atoms with E-state index in [2.05, 4.69) is 13.8 Å². The van der Waals surface area contributed by atoms with E-state index >= 15 is 0 Å². The van der Waals surface area contributed by atoms with Gasteiger partial charge in [0, 0.05) is 12.3 Å². The van der Waals surface area contributed by atoms with Crippen molar-refractivity contribution in [3.8, 4) is 0 Å². The van der Waals surface area contributed by atoms with Crippen LogP contribution in [0.3, 0.4) is 0 Å². The van der Waals surface area contributed by atoms with Crippen molar-refractivity contribution in [2.24, 2.45) is 17.3 Å². The van der Waals surface area contributed by atoms with Gasteiger partial charge in [0.2, 0.25) is 0 Å². The summed E-state index contributed by atoms with van der Waals surface area (Å²) in [6.45, 7) is 4.46. The fraction of sp³-hybridized carbons (Fsp3) is 0.857. The molecule has 0 saturated heterocycles. The third kappa shape index (κ3) is 3.16. The van der Waals surface area contributed by atoms with E-state index in [1.807, 2.05) is 0 Å². The van der Waals surface area contributed by atoms with Crippen LogP contribution < -0.4 is 0 Å². The van der Waals surface area contributed by atoms with E-state index in [0.717, 1.165) is 31.8 Å². The van der Waals surface area contributed by atoms with Crippen LogP contribution in [0, 0.1) is 17.3 Å². The van der Waals surface area contributed by atoms with Crippen molar-refractivity contribution in [3.05, 3.63) is 0 Å². The van der Waals surface area contributed by atoms with Crippen molar-refractivity contribution in [3.63, 3.8) is 0 Å². The zero-order valence-electron chi connectivity index (χ0n) is 10.6. The zero-order valence-corrected chi connectivity index (χ0v) is 10.6. The van der Waals surface area contributed by atoms with E-state index in [1.54, 1.807) is 0 Å². The Bertz CT molecular complexity index is 233. The van der Waals surface area contributed by atoms with Gasteiger partial charge in [0.25, 0.3) is 0 Å². The van der Waals surface area contributed by atoms with Crippen LogP contribution in [0.2, 0.25) is 0 Å². The topological polar surface area (TPSA) is 34.1 Å². The van der Waals surface area contributed by atoms with Gasteiger partial charge in [-0.1, -0.05) is 26.7 Å². The average Bonchev–Trinajstić information content (AvgIpc) is 2.25. The lowest BCUT2D eigenvalue weighted by Gasteiger charge is -2.43. The lowest BCUT2D eigenvalue weighted by molar-refractivity contribution is -0.117. The first-order chi connectivity index (χ1) is 7.62. The Kier molecular flexibility index (Phi) is 5.17. The Morgan fingerprint density at radius 1 is 1.19 bits per heavy atom.